The highest BCUT2D eigenvalue weighted by Crippen LogP contribution is 2.16. The second-order valence-corrected chi connectivity index (χ2v) is 5.36. The zero-order valence-corrected chi connectivity index (χ0v) is 11.0. The summed E-state index contributed by atoms with van der Waals surface area (Å²) in [7, 11) is 0. The van der Waals surface area contributed by atoms with Gasteiger partial charge in [-0.3, -0.25) is 9.69 Å². The summed E-state index contributed by atoms with van der Waals surface area (Å²) in [6.45, 7) is 3.70. The van der Waals surface area contributed by atoms with Crippen molar-refractivity contribution in [3.63, 3.8) is 0 Å². The number of amides is 1. The molecule has 0 bridgehead atoms. The zero-order chi connectivity index (χ0) is 12.8. The molecule has 3 N–H and O–H groups in total. The molecule has 18 heavy (non-hydrogen) atoms. The van der Waals surface area contributed by atoms with E-state index in [0.29, 0.717) is 25.0 Å². The molecule has 2 fully saturated rings. The third-order valence-electron chi connectivity index (χ3n) is 3.98. The Kier molecular flexibility index (Phi) is 5.41. The zero-order valence-electron chi connectivity index (χ0n) is 11.0. The fraction of sp³-hybridized carbons (Fsp3) is 0.923. The fourth-order valence-corrected chi connectivity index (χ4v) is 3.01. The number of rotatable bonds is 5. The van der Waals surface area contributed by atoms with Crippen LogP contribution in [0.1, 0.15) is 32.1 Å². The van der Waals surface area contributed by atoms with Crippen molar-refractivity contribution in [3.8, 4) is 0 Å². The summed E-state index contributed by atoms with van der Waals surface area (Å²) in [5.41, 5.74) is 0. The number of carbonyl (C=O) groups is 1. The highest BCUT2D eigenvalue weighted by Gasteiger charge is 2.26. The van der Waals surface area contributed by atoms with Crippen LogP contribution in [0.5, 0.6) is 0 Å². The molecule has 0 saturated carbocycles. The average Bonchev–Trinajstić information content (AvgIpc) is 2.76. The van der Waals surface area contributed by atoms with E-state index < -0.39 is 0 Å². The molecule has 1 amide bonds. The van der Waals surface area contributed by atoms with E-state index in [-0.39, 0.29) is 12.5 Å². The summed E-state index contributed by atoms with van der Waals surface area (Å²) in [6.07, 6.45) is 5.11. The minimum Gasteiger partial charge on any atom is -0.395 e. The van der Waals surface area contributed by atoms with Crippen LogP contribution in [0.25, 0.3) is 0 Å². The lowest BCUT2D eigenvalue weighted by atomic mass is 10.1. The van der Waals surface area contributed by atoms with Gasteiger partial charge in [0.05, 0.1) is 6.61 Å². The summed E-state index contributed by atoms with van der Waals surface area (Å²) >= 11 is 0. The SMILES string of the molecule is O=C1CC(N(CCO)CC2CCCN2)CCCN1. The van der Waals surface area contributed by atoms with Gasteiger partial charge >= 0.3 is 0 Å². The number of aliphatic hydroxyl groups excluding tert-OH is 1. The van der Waals surface area contributed by atoms with E-state index in [1.807, 2.05) is 0 Å². The molecule has 2 saturated heterocycles. The molecule has 2 aliphatic rings. The van der Waals surface area contributed by atoms with Crippen molar-refractivity contribution in [2.45, 2.75) is 44.2 Å². The first-order valence-corrected chi connectivity index (χ1v) is 7.14. The van der Waals surface area contributed by atoms with E-state index in [1.165, 1.54) is 12.8 Å². The summed E-state index contributed by atoms with van der Waals surface area (Å²) in [5.74, 6) is 0.153. The van der Waals surface area contributed by atoms with Crippen LogP contribution in [0.15, 0.2) is 0 Å². The van der Waals surface area contributed by atoms with Gasteiger partial charge in [-0.15, -0.1) is 0 Å². The molecule has 2 heterocycles. The van der Waals surface area contributed by atoms with Crippen LogP contribution < -0.4 is 10.6 Å². The molecule has 0 aromatic rings. The minimum absolute atomic E-state index is 0.153. The van der Waals surface area contributed by atoms with Gasteiger partial charge in [0.2, 0.25) is 5.91 Å². The van der Waals surface area contributed by atoms with Crippen molar-refractivity contribution < 1.29 is 9.90 Å². The van der Waals surface area contributed by atoms with Gasteiger partial charge in [-0.1, -0.05) is 0 Å². The van der Waals surface area contributed by atoms with Crippen LogP contribution in [-0.2, 0) is 4.79 Å². The molecule has 5 heteroatoms. The van der Waals surface area contributed by atoms with Crippen molar-refractivity contribution in [3.05, 3.63) is 0 Å². The summed E-state index contributed by atoms with van der Waals surface area (Å²) < 4.78 is 0. The Balaban J connectivity index is 1.91. The molecule has 104 valence electrons. The molecule has 2 unspecified atom stereocenters. The summed E-state index contributed by atoms with van der Waals surface area (Å²) in [5, 5.41) is 15.6. The van der Waals surface area contributed by atoms with Crippen molar-refractivity contribution >= 4 is 5.91 Å². The molecule has 0 aromatic heterocycles. The van der Waals surface area contributed by atoms with Gasteiger partial charge in [0.25, 0.3) is 0 Å². The molecule has 2 atom stereocenters. The number of aliphatic hydroxyl groups is 1. The lowest BCUT2D eigenvalue weighted by molar-refractivity contribution is -0.121. The predicted molar refractivity (Wildman–Crippen MR) is 70.3 cm³/mol. The first-order valence-electron chi connectivity index (χ1n) is 7.14. The summed E-state index contributed by atoms with van der Waals surface area (Å²) in [6, 6.07) is 0.824. The van der Waals surface area contributed by atoms with Crippen LogP contribution in [0.4, 0.5) is 0 Å². The monoisotopic (exact) mass is 255 g/mol. The average molecular weight is 255 g/mol. The predicted octanol–water partition coefficient (Wildman–Crippen LogP) is -0.299. The number of hydrogen-bond donors (Lipinski definition) is 3. The number of nitrogens with one attached hydrogen (secondary N) is 2. The topological polar surface area (TPSA) is 64.6 Å². The maximum Gasteiger partial charge on any atom is 0.221 e. The highest BCUT2D eigenvalue weighted by molar-refractivity contribution is 5.76. The minimum atomic E-state index is 0.153. The number of nitrogens with zero attached hydrogens (tertiary/aromatic N) is 1. The molecular formula is C13H25N3O2. The number of hydrogen-bond acceptors (Lipinski definition) is 4. The van der Waals surface area contributed by atoms with E-state index >= 15 is 0 Å². The fourth-order valence-electron chi connectivity index (χ4n) is 3.01. The number of carbonyl (C=O) groups excluding carboxylic acids is 1. The van der Waals surface area contributed by atoms with E-state index in [4.69, 9.17) is 0 Å². The van der Waals surface area contributed by atoms with Gasteiger partial charge in [-0.25, -0.2) is 0 Å². The van der Waals surface area contributed by atoms with E-state index in [2.05, 4.69) is 15.5 Å². The van der Waals surface area contributed by atoms with Gasteiger partial charge in [0.15, 0.2) is 0 Å². The van der Waals surface area contributed by atoms with Gasteiger partial charge < -0.3 is 15.7 Å². The molecule has 0 aromatic carbocycles. The normalized spacial score (nSPS) is 29.3. The molecule has 0 spiro atoms. The Morgan fingerprint density at radius 3 is 2.83 bits per heavy atom. The van der Waals surface area contributed by atoms with Crippen LogP contribution in [-0.4, -0.2) is 60.8 Å². The molecular weight excluding hydrogens is 230 g/mol. The van der Waals surface area contributed by atoms with E-state index in [9.17, 15) is 9.90 Å². The van der Waals surface area contributed by atoms with Gasteiger partial charge in [0.1, 0.15) is 0 Å². The van der Waals surface area contributed by atoms with Crippen molar-refractivity contribution in [2.75, 3.05) is 32.8 Å². The molecule has 0 aliphatic carbocycles. The highest BCUT2D eigenvalue weighted by atomic mass is 16.3. The van der Waals surface area contributed by atoms with Crippen LogP contribution >= 0.6 is 0 Å². The quantitative estimate of drug-likeness (QED) is 0.631. The van der Waals surface area contributed by atoms with E-state index in [1.54, 1.807) is 0 Å². The maximum absolute atomic E-state index is 11.6. The second-order valence-electron chi connectivity index (χ2n) is 5.36. The second kappa shape index (κ2) is 7.07. The summed E-state index contributed by atoms with van der Waals surface area (Å²) in [4.78, 5) is 13.9. The smallest absolute Gasteiger partial charge is 0.221 e. The molecule has 0 radical (unpaired) electrons. The third-order valence-corrected chi connectivity index (χ3v) is 3.98. The maximum atomic E-state index is 11.6. The Bertz CT molecular complexity index is 267. The standard InChI is InChI=1S/C13H25N3O2/c17-8-7-16(10-11-3-1-5-14-11)12-4-2-6-15-13(18)9-12/h11-12,14,17H,1-10H2,(H,15,18). The van der Waals surface area contributed by atoms with Gasteiger partial charge in [-0.05, 0) is 32.2 Å². The van der Waals surface area contributed by atoms with Crippen LogP contribution in [0.3, 0.4) is 0 Å². The third kappa shape index (κ3) is 3.93. The van der Waals surface area contributed by atoms with Crippen molar-refractivity contribution in [1.29, 1.82) is 0 Å². The first kappa shape index (κ1) is 13.8. The Hall–Kier alpha value is -0.650. The van der Waals surface area contributed by atoms with Crippen LogP contribution in [0, 0.1) is 0 Å². The molecule has 2 rings (SSSR count). The van der Waals surface area contributed by atoms with E-state index in [0.717, 1.165) is 32.5 Å². The van der Waals surface area contributed by atoms with Gasteiger partial charge in [0, 0.05) is 38.1 Å². The van der Waals surface area contributed by atoms with Crippen molar-refractivity contribution in [2.24, 2.45) is 0 Å². The molecule has 2 aliphatic heterocycles. The molecule has 5 nitrogen and oxygen atoms in total. The first-order chi connectivity index (χ1) is 8.79. The Morgan fingerprint density at radius 2 is 2.11 bits per heavy atom. The van der Waals surface area contributed by atoms with Gasteiger partial charge in [-0.2, -0.15) is 0 Å². The Morgan fingerprint density at radius 1 is 1.28 bits per heavy atom. The Labute approximate surface area is 109 Å². The lowest BCUT2D eigenvalue weighted by Crippen LogP contribution is -2.45. The van der Waals surface area contributed by atoms with Crippen LogP contribution in [0.2, 0.25) is 0 Å². The van der Waals surface area contributed by atoms with Crippen molar-refractivity contribution in [1.82, 2.24) is 15.5 Å². The largest absolute Gasteiger partial charge is 0.395 e. The lowest BCUT2D eigenvalue weighted by Gasteiger charge is -2.32.